The average molecular weight is 398 g/mol. The molecular weight excluding hydrogens is 372 g/mol. The van der Waals surface area contributed by atoms with E-state index in [1.165, 1.54) is 11.8 Å². The van der Waals surface area contributed by atoms with Crippen LogP contribution in [0.1, 0.15) is 39.0 Å². The summed E-state index contributed by atoms with van der Waals surface area (Å²) in [5.41, 5.74) is 0. The van der Waals surface area contributed by atoms with Crippen LogP contribution in [0.4, 0.5) is 0 Å². The van der Waals surface area contributed by atoms with E-state index in [2.05, 4.69) is 16.0 Å². The molecule has 4 atom stereocenters. The van der Waals surface area contributed by atoms with Gasteiger partial charge in [0.15, 0.2) is 0 Å². The zero-order valence-corrected chi connectivity index (χ0v) is 15.6. The summed E-state index contributed by atoms with van der Waals surface area (Å²) in [6.45, 7) is 2.58. The molecular formula is C17H26N4O7. The molecule has 0 bridgehead atoms. The van der Waals surface area contributed by atoms with Crippen molar-refractivity contribution < 1.29 is 34.2 Å². The van der Waals surface area contributed by atoms with Crippen molar-refractivity contribution in [3.05, 3.63) is 0 Å². The molecule has 4 unspecified atom stereocenters. The molecule has 0 aromatic carbocycles. The van der Waals surface area contributed by atoms with Crippen LogP contribution < -0.4 is 16.0 Å². The Bertz CT molecular complexity index is 647. The molecule has 5 N–H and O–H groups in total. The maximum atomic E-state index is 12.7. The van der Waals surface area contributed by atoms with E-state index in [4.69, 9.17) is 10.2 Å². The number of nitrogens with one attached hydrogen (secondary N) is 3. The van der Waals surface area contributed by atoms with Crippen molar-refractivity contribution >= 4 is 29.7 Å². The first-order valence-electron chi connectivity index (χ1n) is 9.30. The van der Waals surface area contributed by atoms with Crippen molar-refractivity contribution in [2.45, 2.75) is 63.2 Å². The van der Waals surface area contributed by atoms with Crippen LogP contribution in [0.15, 0.2) is 0 Å². The molecule has 0 spiro atoms. The number of hydrogen-bond acceptors (Lipinski definition) is 6. The van der Waals surface area contributed by atoms with Gasteiger partial charge in [0.25, 0.3) is 0 Å². The third-order valence-corrected chi connectivity index (χ3v) is 4.94. The highest BCUT2D eigenvalue weighted by Gasteiger charge is 2.38. The number of hydrogen-bond donors (Lipinski definition) is 5. The van der Waals surface area contributed by atoms with Crippen molar-refractivity contribution in [2.75, 3.05) is 13.1 Å². The molecule has 2 aliphatic rings. The highest BCUT2D eigenvalue weighted by molar-refractivity contribution is 5.94. The monoisotopic (exact) mass is 398 g/mol. The SMILES string of the molecule is CC(NC(=O)C1CCCN1)C(=O)N1CCCC1C(=O)NC(CC(=O)O)C(=O)O. The lowest BCUT2D eigenvalue weighted by molar-refractivity contribution is -0.148. The highest BCUT2D eigenvalue weighted by Crippen LogP contribution is 2.19. The van der Waals surface area contributed by atoms with E-state index in [9.17, 15) is 24.0 Å². The van der Waals surface area contributed by atoms with Gasteiger partial charge in [-0.1, -0.05) is 0 Å². The number of nitrogens with zero attached hydrogens (tertiary/aromatic N) is 1. The van der Waals surface area contributed by atoms with E-state index >= 15 is 0 Å². The van der Waals surface area contributed by atoms with Crippen LogP contribution in [-0.2, 0) is 24.0 Å². The molecule has 3 amide bonds. The number of amides is 3. The Kier molecular flexibility index (Phi) is 7.32. The maximum Gasteiger partial charge on any atom is 0.326 e. The zero-order valence-electron chi connectivity index (χ0n) is 15.6. The Labute approximate surface area is 161 Å². The Morgan fingerprint density at radius 1 is 1.07 bits per heavy atom. The van der Waals surface area contributed by atoms with Gasteiger partial charge in [0, 0.05) is 6.54 Å². The Morgan fingerprint density at radius 3 is 2.36 bits per heavy atom. The minimum absolute atomic E-state index is 0.272. The van der Waals surface area contributed by atoms with Crippen LogP contribution in [0, 0.1) is 0 Å². The topological polar surface area (TPSA) is 165 Å². The molecule has 0 aliphatic carbocycles. The van der Waals surface area contributed by atoms with Gasteiger partial charge in [-0.2, -0.15) is 0 Å². The first-order chi connectivity index (χ1) is 13.2. The van der Waals surface area contributed by atoms with Crippen molar-refractivity contribution in [2.24, 2.45) is 0 Å². The van der Waals surface area contributed by atoms with E-state index in [1.54, 1.807) is 0 Å². The molecule has 2 heterocycles. The van der Waals surface area contributed by atoms with Crippen LogP contribution >= 0.6 is 0 Å². The Hall–Kier alpha value is -2.69. The molecule has 11 nitrogen and oxygen atoms in total. The van der Waals surface area contributed by atoms with Gasteiger partial charge in [0.2, 0.25) is 17.7 Å². The summed E-state index contributed by atoms with van der Waals surface area (Å²) in [6.07, 6.45) is 1.70. The summed E-state index contributed by atoms with van der Waals surface area (Å²) in [5, 5.41) is 25.7. The lowest BCUT2D eigenvalue weighted by Crippen LogP contribution is -2.56. The average Bonchev–Trinajstić information content (AvgIpc) is 3.31. The van der Waals surface area contributed by atoms with E-state index in [0.29, 0.717) is 25.8 Å². The van der Waals surface area contributed by atoms with Gasteiger partial charge in [0.1, 0.15) is 18.1 Å². The number of carboxylic acids is 2. The predicted molar refractivity (Wildman–Crippen MR) is 95.2 cm³/mol. The second kappa shape index (κ2) is 9.49. The fourth-order valence-electron chi connectivity index (χ4n) is 3.48. The first kappa shape index (κ1) is 21.6. The summed E-state index contributed by atoms with van der Waals surface area (Å²) in [5.74, 6) is -4.24. The van der Waals surface area contributed by atoms with Crippen molar-refractivity contribution in [1.29, 1.82) is 0 Å². The molecule has 2 aliphatic heterocycles. The zero-order chi connectivity index (χ0) is 20.8. The second-order valence-electron chi connectivity index (χ2n) is 7.07. The van der Waals surface area contributed by atoms with E-state index in [0.717, 1.165) is 13.0 Å². The molecule has 0 aromatic heterocycles. The van der Waals surface area contributed by atoms with E-state index in [1.807, 2.05) is 0 Å². The first-order valence-corrected chi connectivity index (χ1v) is 9.30. The van der Waals surface area contributed by atoms with Gasteiger partial charge in [-0.05, 0) is 39.2 Å². The third-order valence-electron chi connectivity index (χ3n) is 4.94. The summed E-state index contributed by atoms with van der Waals surface area (Å²) < 4.78 is 0. The predicted octanol–water partition coefficient (Wildman–Crippen LogP) is -1.72. The van der Waals surface area contributed by atoms with Crippen LogP contribution in [0.2, 0.25) is 0 Å². The lowest BCUT2D eigenvalue weighted by Gasteiger charge is -2.28. The molecule has 0 radical (unpaired) electrons. The maximum absolute atomic E-state index is 12.7. The normalized spacial score (nSPS) is 23.7. The van der Waals surface area contributed by atoms with Gasteiger partial charge in [-0.25, -0.2) is 4.79 Å². The van der Waals surface area contributed by atoms with Gasteiger partial charge in [0.05, 0.1) is 12.5 Å². The highest BCUT2D eigenvalue weighted by atomic mass is 16.4. The van der Waals surface area contributed by atoms with Crippen molar-refractivity contribution in [3.63, 3.8) is 0 Å². The van der Waals surface area contributed by atoms with Gasteiger partial charge < -0.3 is 31.1 Å². The quantitative estimate of drug-likeness (QED) is 0.322. The number of carboxylic acid groups (broad SMARTS) is 2. The molecule has 0 saturated carbocycles. The minimum atomic E-state index is -1.58. The Balaban J connectivity index is 1.96. The fourth-order valence-corrected chi connectivity index (χ4v) is 3.48. The fraction of sp³-hybridized carbons (Fsp3) is 0.706. The second-order valence-corrected chi connectivity index (χ2v) is 7.07. The van der Waals surface area contributed by atoms with Gasteiger partial charge in [-0.15, -0.1) is 0 Å². The molecule has 2 rings (SSSR count). The molecule has 2 saturated heterocycles. The smallest absolute Gasteiger partial charge is 0.326 e. The largest absolute Gasteiger partial charge is 0.481 e. The van der Waals surface area contributed by atoms with Gasteiger partial charge in [-0.3, -0.25) is 19.2 Å². The Morgan fingerprint density at radius 2 is 1.79 bits per heavy atom. The number of carbonyl (C=O) groups excluding carboxylic acids is 3. The van der Waals surface area contributed by atoms with Crippen LogP contribution in [0.3, 0.4) is 0 Å². The van der Waals surface area contributed by atoms with Crippen LogP contribution in [-0.4, -0.2) is 82.0 Å². The summed E-state index contributed by atoms with van der Waals surface area (Å²) in [7, 11) is 0. The van der Waals surface area contributed by atoms with Gasteiger partial charge >= 0.3 is 11.9 Å². The summed E-state index contributed by atoms with van der Waals surface area (Å²) in [6, 6.07) is -3.64. The number of likely N-dealkylation sites (tertiary alicyclic amines) is 1. The minimum Gasteiger partial charge on any atom is -0.481 e. The number of carbonyl (C=O) groups is 5. The molecule has 2 fully saturated rings. The van der Waals surface area contributed by atoms with Crippen molar-refractivity contribution in [1.82, 2.24) is 20.9 Å². The third kappa shape index (κ3) is 5.41. The standard InChI is InChI=1S/C17H26N4O7/c1-9(19-14(24)10-4-2-6-18-10)16(26)21-7-3-5-12(21)15(25)20-11(17(27)28)8-13(22)23/h9-12,18H,2-8H2,1H3,(H,19,24)(H,20,25)(H,22,23)(H,27,28). The van der Waals surface area contributed by atoms with Crippen LogP contribution in [0.5, 0.6) is 0 Å². The van der Waals surface area contributed by atoms with Crippen LogP contribution in [0.25, 0.3) is 0 Å². The molecule has 11 heteroatoms. The molecule has 28 heavy (non-hydrogen) atoms. The van der Waals surface area contributed by atoms with Crippen molar-refractivity contribution in [3.8, 4) is 0 Å². The summed E-state index contributed by atoms with van der Waals surface area (Å²) >= 11 is 0. The van der Waals surface area contributed by atoms with E-state index in [-0.39, 0.29) is 11.9 Å². The lowest BCUT2D eigenvalue weighted by atomic mass is 10.1. The molecule has 156 valence electrons. The summed E-state index contributed by atoms with van der Waals surface area (Å²) in [4.78, 5) is 60.5. The number of rotatable bonds is 8. The number of aliphatic carboxylic acids is 2. The molecule has 0 aromatic rings. The van der Waals surface area contributed by atoms with E-state index < -0.39 is 48.3 Å².